The molecular formula is C60H80N4O15. The van der Waals surface area contributed by atoms with Gasteiger partial charge in [0.15, 0.2) is 24.7 Å². The van der Waals surface area contributed by atoms with E-state index < -0.39 is 125 Å². The number of ether oxygens (including phenoxy) is 7. The van der Waals surface area contributed by atoms with Crippen LogP contribution in [0, 0.1) is 40.4 Å². The molecule has 2 bridgehead atoms. The molecule has 9 unspecified atom stereocenters. The molecule has 4 aliphatic carbocycles. The molecule has 1 saturated carbocycles. The Morgan fingerprint density at radius 3 is 2.29 bits per heavy atom. The van der Waals surface area contributed by atoms with Gasteiger partial charge in [-0.2, -0.15) is 0 Å². The largest absolute Gasteiger partial charge is 0.511 e. The van der Waals surface area contributed by atoms with Gasteiger partial charge in [-0.25, -0.2) is 9.59 Å². The van der Waals surface area contributed by atoms with E-state index in [-0.39, 0.29) is 72.9 Å². The molecule has 8 aliphatic rings. The topological polar surface area (TPSA) is 283 Å². The minimum absolute atomic E-state index is 0.0497. The van der Waals surface area contributed by atoms with Crippen molar-refractivity contribution < 1.29 is 72.8 Å². The number of para-hydroxylation sites is 1. The van der Waals surface area contributed by atoms with Gasteiger partial charge in [-0.3, -0.25) is 9.59 Å². The summed E-state index contributed by atoms with van der Waals surface area (Å²) in [5.41, 5.74) is 3.17. The maximum Gasteiger partial charge on any atom is 0.355 e. The van der Waals surface area contributed by atoms with Crippen LogP contribution >= 0.6 is 0 Å². The van der Waals surface area contributed by atoms with Gasteiger partial charge in [-0.15, -0.1) is 0 Å². The third-order valence-electron chi connectivity index (χ3n) is 20.1. The molecule has 19 heteroatoms. The van der Waals surface area contributed by atoms with Gasteiger partial charge in [0.2, 0.25) is 0 Å². The zero-order valence-corrected chi connectivity index (χ0v) is 46.6. The molecule has 0 radical (unpaired) electrons. The van der Waals surface area contributed by atoms with Crippen molar-refractivity contribution in [3.05, 3.63) is 71.2 Å². The van der Waals surface area contributed by atoms with E-state index in [1.807, 2.05) is 58.0 Å². The number of fused-ring (bicyclic) bond motifs is 7. The molecule has 9 N–H and O–H groups in total. The van der Waals surface area contributed by atoms with Crippen LogP contribution in [0.1, 0.15) is 137 Å². The van der Waals surface area contributed by atoms with Crippen molar-refractivity contribution in [1.29, 1.82) is 0 Å². The Hall–Kier alpha value is -4.96. The monoisotopic (exact) mass is 1100 g/mol. The number of carboxylic acid groups (broad SMARTS) is 1. The lowest BCUT2D eigenvalue weighted by Crippen LogP contribution is -2.61. The van der Waals surface area contributed by atoms with E-state index in [0.29, 0.717) is 43.4 Å². The number of hydrogen-bond donors (Lipinski definition) is 8. The number of H-pyrrole nitrogens is 2. The van der Waals surface area contributed by atoms with E-state index in [9.17, 15) is 34.8 Å². The summed E-state index contributed by atoms with van der Waals surface area (Å²) >= 11 is 0. The summed E-state index contributed by atoms with van der Waals surface area (Å²) < 4.78 is 45.0. The lowest BCUT2D eigenvalue weighted by molar-refractivity contribution is -0.339. The predicted octanol–water partition coefficient (Wildman–Crippen LogP) is 7.30. The van der Waals surface area contributed by atoms with Crippen LogP contribution < -0.4 is 11.1 Å². The summed E-state index contributed by atoms with van der Waals surface area (Å²) in [6.45, 7) is 14.7. The Morgan fingerprint density at radius 1 is 0.823 bits per heavy atom. The van der Waals surface area contributed by atoms with Crippen LogP contribution in [-0.4, -0.2) is 139 Å². The molecule has 430 valence electrons. The quantitative estimate of drug-likeness (QED) is 0.0562. The number of nitrogens with one attached hydrogen (secondary N) is 3. The number of aromatic nitrogens is 2. The predicted molar refractivity (Wildman–Crippen MR) is 288 cm³/mol. The maximum atomic E-state index is 15.1. The normalized spacial score (nSPS) is 44.5. The van der Waals surface area contributed by atoms with E-state index in [1.165, 1.54) is 0 Å². The minimum atomic E-state index is -1.51. The van der Waals surface area contributed by atoms with Crippen LogP contribution in [0.25, 0.3) is 21.9 Å². The second-order valence-corrected chi connectivity index (χ2v) is 25.2. The maximum absolute atomic E-state index is 15.1. The zero-order chi connectivity index (χ0) is 56.2. The number of rotatable bonds is 10. The fraction of sp³-hybridized carbons (Fsp3) is 0.667. The fourth-order valence-corrected chi connectivity index (χ4v) is 15.5. The molecule has 19 nitrogen and oxygen atoms in total. The number of hydrogen-bond acceptors (Lipinski definition) is 15. The first-order valence-corrected chi connectivity index (χ1v) is 28.8. The lowest BCUT2D eigenvalue weighted by Gasteiger charge is -2.53. The van der Waals surface area contributed by atoms with Crippen LogP contribution in [0.15, 0.2) is 65.5 Å². The Morgan fingerprint density at radius 2 is 1.56 bits per heavy atom. The Balaban J connectivity index is 0.729. The first-order chi connectivity index (χ1) is 37.4. The summed E-state index contributed by atoms with van der Waals surface area (Å²) in [7, 11) is 0. The molecule has 2 aromatic heterocycles. The fourth-order valence-electron chi connectivity index (χ4n) is 15.5. The lowest BCUT2D eigenvalue weighted by atomic mass is 9.53. The first-order valence-electron chi connectivity index (χ1n) is 28.8. The molecule has 79 heavy (non-hydrogen) atoms. The van der Waals surface area contributed by atoms with Crippen molar-refractivity contribution in [1.82, 2.24) is 15.3 Å². The molecule has 1 aromatic carbocycles. The van der Waals surface area contributed by atoms with Gasteiger partial charge in [0.25, 0.3) is 5.91 Å². The molecule has 4 saturated heterocycles. The van der Waals surface area contributed by atoms with E-state index in [1.54, 1.807) is 39.8 Å². The number of aromatic amines is 2. The van der Waals surface area contributed by atoms with Crippen LogP contribution in [-0.2, 0) is 47.5 Å². The second kappa shape index (κ2) is 20.8. The number of benzene rings is 1. The van der Waals surface area contributed by atoms with Crippen LogP contribution in [0.5, 0.6) is 0 Å². The smallest absolute Gasteiger partial charge is 0.355 e. The first kappa shape index (κ1) is 55.9. The summed E-state index contributed by atoms with van der Waals surface area (Å²) in [5.74, 6) is -4.93. The minimum Gasteiger partial charge on any atom is -0.511 e. The molecule has 1 spiro atoms. The number of carbonyl (C=O) groups is 4. The van der Waals surface area contributed by atoms with E-state index in [2.05, 4.69) is 21.4 Å². The molecule has 6 heterocycles. The summed E-state index contributed by atoms with van der Waals surface area (Å²) in [5, 5.41) is 52.0. The number of aliphatic hydroxyl groups is 3. The average Bonchev–Trinajstić information content (AvgIpc) is 4.24. The highest BCUT2D eigenvalue weighted by Crippen LogP contribution is 2.60. The van der Waals surface area contributed by atoms with Crippen molar-refractivity contribution in [2.24, 2.45) is 46.2 Å². The summed E-state index contributed by atoms with van der Waals surface area (Å²) in [6.07, 6.45) is 3.43. The Kier molecular flexibility index (Phi) is 14.7. The number of amides is 1. The van der Waals surface area contributed by atoms with Gasteiger partial charge < -0.3 is 74.6 Å². The van der Waals surface area contributed by atoms with E-state index in [0.717, 1.165) is 22.7 Å². The number of aliphatic carboxylic acids is 1. The molecule has 11 rings (SSSR count). The highest BCUT2D eigenvalue weighted by Gasteiger charge is 2.66. The Labute approximate surface area is 460 Å². The van der Waals surface area contributed by atoms with Gasteiger partial charge >= 0.3 is 11.9 Å². The molecule has 3 aromatic rings. The van der Waals surface area contributed by atoms with Crippen molar-refractivity contribution in [2.45, 2.75) is 211 Å². The van der Waals surface area contributed by atoms with Gasteiger partial charge in [-0.05, 0) is 102 Å². The van der Waals surface area contributed by atoms with Crippen LogP contribution in [0.4, 0.5) is 0 Å². The highest BCUT2D eigenvalue weighted by molar-refractivity contribution is 6.29. The summed E-state index contributed by atoms with van der Waals surface area (Å²) in [4.78, 5) is 61.9. The zero-order valence-electron chi connectivity index (χ0n) is 46.6. The SMILES string of the molecule is CCC1CC2(C)C=C(C(=O)O)C(C)CC23NC(=O)/C(=C(/O)C2(C)C(C=CC4C2CCC[C@H]4O[C@H]2CC[C@@H](O[C@@H]4C[C@@](C)(O)[C@@H](O[C@@H]5C[C@H](OC(=O)c6cc7c([nH]6)[nH]c6ccccc67)[C@H](N)[C@H](C)O5)[C@H](C)O4)[C@@H](C)O2)CC1O)C3=O. The third kappa shape index (κ3) is 9.59. The molecule has 21 atom stereocenters. The number of allylic oxidation sites excluding steroid dienone is 2. The Bertz CT molecular complexity index is 2960. The third-order valence-corrected chi connectivity index (χ3v) is 20.1. The van der Waals surface area contributed by atoms with Crippen molar-refractivity contribution in [3.8, 4) is 0 Å². The standard InChI is InChI=1S/C60H80N4O15/c1-9-32-25-57(6)26-37(55(69)70)28(2)24-60(57)51(67)48(54(68)64-60)50(66)59(8)33(21-41(32)65)17-18-35-38(59)14-12-16-43(35)77-45-20-19-42(29(3)73-45)76-47-27-58(7,72)52(31(5)75-47)79-46-23-44(49(61)30(4)74-46)78-56(71)40-22-36-34-13-10-11-15-39(34)62-53(36)63-40/h10-11,13,15,17-18,22,26,28-33,35,38,41-47,49,52,62-63,65-66,72H,9,12,14,16,19-21,23-25,27,61H2,1-8H3,(H,64,68)(H,69,70)/b50-48+/t28?,29-,30+,31+,32?,33?,35?,38?,41?,42-,43-,44+,45+,46-,47-,49-,52+,57?,58-,59?,60?/m1/s1. The second-order valence-electron chi connectivity index (χ2n) is 25.2. The number of ketones is 1. The number of esters is 1. The summed E-state index contributed by atoms with van der Waals surface area (Å²) in [6, 6.07) is 8.98. The van der Waals surface area contributed by atoms with Gasteiger partial charge in [0.1, 0.15) is 40.4 Å². The average molecular weight is 1100 g/mol. The van der Waals surface area contributed by atoms with Gasteiger partial charge in [0.05, 0.1) is 48.3 Å². The van der Waals surface area contributed by atoms with E-state index >= 15 is 4.79 Å². The number of nitrogens with two attached hydrogens (primary N) is 1. The van der Waals surface area contributed by atoms with Crippen molar-refractivity contribution >= 4 is 45.6 Å². The highest BCUT2D eigenvalue weighted by atomic mass is 16.7. The molecule has 5 fully saturated rings. The number of carboxylic acids is 1. The number of carbonyl (C=O) groups excluding carboxylic acids is 3. The van der Waals surface area contributed by atoms with Crippen LogP contribution in [0.3, 0.4) is 0 Å². The van der Waals surface area contributed by atoms with Crippen molar-refractivity contribution in [3.63, 3.8) is 0 Å². The van der Waals surface area contributed by atoms with Crippen LogP contribution in [0.2, 0.25) is 0 Å². The number of aliphatic hydroxyl groups excluding tert-OH is 2. The molecular weight excluding hydrogens is 1020 g/mol. The molecule has 1 amide bonds. The molecule has 4 aliphatic heterocycles. The number of Topliss-reactive ketones (excluding diaryl/α,β-unsaturated/α-hetero) is 1. The van der Waals surface area contributed by atoms with E-state index in [4.69, 9.17) is 38.9 Å². The van der Waals surface area contributed by atoms with Gasteiger partial charge in [0, 0.05) is 57.9 Å². The van der Waals surface area contributed by atoms with Gasteiger partial charge in [-0.1, -0.05) is 77.0 Å². The van der Waals surface area contributed by atoms with Crippen molar-refractivity contribution in [2.75, 3.05) is 0 Å².